The van der Waals surface area contributed by atoms with Crippen LogP contribution in [0.2, 0.25) is 5.02 Å². The molecule has 0 saturated carbocycles. The van der Waals surface area contributed by atoms with E-state index in [1.807, 2.05) is 0 Å². The number of hydrogen-bond acceptors (Lipinski definition) is 7. The monoisotopic (exact) mass is 510 g/mol. The van der Waals surface area contributed by atoms with Gasteiger partial charge in [-0.05, 0) is 43.5 Å². The lowest BCUT2D eigenvalue weighted by molar-refractivity contribution is -0.172. The topological polar surface area (TPSA) is 68.7 Å². The summed E-state index contributed by atoms with van der Waals surface area (Å²) < 4.78 is 54.3. The molecular formula is C24H26ClF3N4O3. The summed E-state index contributed by atoms with van der Waals surface area (Å²) in [5.41, 5.74) is 1.23. The van der Waals surface area contributed by atoms with Crippen LogP contribution in [0.3, 0.4) is 0 Å². The number of alkyl halides is 2. The second kappa shape index (κ2) is 11.7. The first kappa shape index (κ1) is 25.3. The van der Waals surface area contributed by atoms with Gasteiger partial charge in [-0.3, -0.25) is 0 Å². The number of halogens is 4. The summed E-state index contributed by atoms with van der Waals surface area (Å²) >= 11 is 5.89. The number of nitrogens with zero attached hydrogens (tertiary/aromatic N) is 3. The van der Waals surface area contributed by atoms with E-state index in [-0.39, 0.29) is 11.1 Å². The molecule has 2 heterocycles. The van der Waals surface area contributed by atoms with Crippen molar-refractivity contribution >= 4 is 34.0 Å². The number of anilines is 2. The van der Waals surface area contributed by atoms with Crippen LogP contribution in [0.4, 0.5) is 24.7 Å². The number of fused-ring (bicyclic) bond motifs is 1. The zero-order chi connectivity index (χ0) is 24.8. The number of nitrogens with one attached hydrogen (secondary N) is 1. The molecule has 0 bridgehead atoms. The number of ether oxygens (including phenoxy) is 3. The third-order valence-corrected chi connectivity index (χ3v) is 6.10. The molecule has 3 aromatic rings. The molecule has 35 heavy (non-hydrogen) atoms. The van der Waals surface area contributed by atoms with Crippen molar-refractivity contribution in [3.05, 3.63) is 47.5 Å². The van der Waals surface area contributed by atoms with Crippen molar-refractivity contribution in [1.82, 2.24) is 14.9 Å². The highest BCUT2D eigenvalue weighted by Gasteiger charge is 2.22. The summed E-state index contributed by atoms with van der Waals surface area (Å²) in [6, 6.07) is 7.89. The number of benzene rings is 2. The van der Waals surface area contributed by atoms with Gasteiger partial charge in [-0.25, -0.2) is 14.4 Å². The second-order valence-electron chi connectivity index (χ2n) is 8.14. The molecule has 0 amide bonds. The van der Waals surface area contributed by atoms with Crippen molar-refractivity contribution in [2.24, 2.45) is 0 Å². The van der Waals surface area contributed by atoms with E-state index in [1.165, 1.54) is 18.5 Å². The molecule has 11 heteroatoms. The van der Waals surface area contributed by atoms with E-state index in [2.05, 4.69) is 24.9 Å². The first-order valence-electron chi connectivity index (χ1n) is 11.3. The maximum Gasteiger partial charge on any atom is 0.345 e. The third-order valence-electron chi connectivity index (χ3n) is 5.81. The minimum atomic E-state index is -2.72. The van der Waals surface area contributed by atoms with Crippen molar-refractivity contribution in [2.75, 3.05) is 38.7 Å². The van der Waals surface area contributed by atoms with Crippen molar-refractivity contribution in [3.8, 4) is 11.5 Å². The number of rotatable bonds is 10. The van der Waals surface area contributed by atoms with Gasteiger partial charge in [0, 0.05) is 36.8 Å². The van der Waals surface area contributed by atoms with E-state index in [1.54, 1.807) is 25.3 Å². The van der Waals surface area contributed by atoms with E-state index in [9.17, 15) is 13.2 Å². The smallest absolute Gasteiger partial charge is 0.345 e. The van der Waals surface area contributed by atoms with Crippen LogP contribution in [-0.2, 0) is 4.74 Å². The SMILES string of the molecule is COc1cc2ncnc(Nc3ccc(F)c(Cl)c3)c2cc1OCCCN1CCC(OC(F)F)CC1. The van der Waals surface area contributed by atoms with E-state index in [0.717, 1.165) is 26.1 Å². The maximum atomic E-state index is 13.5. The number of aromatic nitrogens is 2. The Balaban J connectivity index is 1.39. The Hall–Kier alpha value is -2.82. The van der Waals surface area contributed by atoms with Crippen LogP contribution in [0, 0.1) is 5.82 Å². The Labute approximate surface area is 206 Å². The fourth-order valence-electron chi connectivity index (χ4n) is 4.03. The molecule has 188 valence electrons. The first-order chi connectivity index (χ1) is 16.9. The van der Waals surface area contributed by atoms with Crippen LogP contribution in [0.15, 0.2) is 36.7 Å². The average Bonchev–Trinajstić information content (AvgIpc) is 2.84. The summed E-state index contributed by atoms with van der Waals surface area (Å²) in [5.74, 6) is 1.09. The minimum absolute atomic E-state index is 0.00447. The molecule has 7 nitrogen and oxygen atoms in total. The largest absolute Gasteiger partial charge is 0.493 e. The Morgan fingerprint density at radius 1 is 1.14 bits per heavy atom. The molecule has 0 atom stereocenters. The fourth-order valence-corrected chi connectivity index (χ4v) is 4.21. The highest BCUT2D eigenvalue weighted by molar-refractivity contribution is 6.31. The van der Waals surface area contributed by atoms with Gasteiger partial charge in [0.1, 0.15) is 18.0 Å². The second-order valence-corrected chi connectivity index (χ2v) is 8.54. The van der Waals surface area contributed by atoms with Gasteiger partial charge in [-0.15, -0.1) is 0 Å². The number of methoxy groups -OCH3 is 1. The van der Waals surface area contributed by atoms with Crippen molar-refractivity contribution in [3.63, 3.8) is 0 Å². The molecule has 0 unspecified atom stereocenters. The Bertz CT molecular complexity index is 1150. The Morgan fingerprint density at radius 2 is 1.94 bits per heavy atom. The number of likely N-dealkylation sites (tertiary alicyclic amines) is 1. The van der Waals surface area contributed by atoms with Crippen molar-refractivity contribution in [1.29, 1.82) is 0 Å². The van der Waals surface area contributed by atoms with Gasteiger partial charge in [0.05, 0.1) is 30.4 Å². The van der Waals surface area contributed by atoms with Gasteiger partial charge in [-0.1, -0.05) is 11.6 Å². The number of piperidine rings is 1. The van der Waals surface area contributed by atoms with Crippen molar-refractivity contribution < 1.29 is 27.4 Å². The predicted molar refractivity (Wildman–Crippen MR) is 127 cm³/mol. The van der Waals surface area contributed by atoms with Crippen LogP contribution >= 0.6 is 11.6 Å². The average molecular weight is 511 g/mol. The molecule has 1 fully saturated rings. The van der Waals surface area contributed by atoms with Crippen LogP contribution in [0.1, 0.15) is 19.3 Å². The summed E-state index contributed by atoms with van der Waals surface area (Å²) in [6.07, 6.45) is 3.00. The van der Waals surface area contributed by atoms with E-state index >= 15 is 0 Å². The maximum absolute atomic E-state index is 13.5. The molecule has 1 N–H and O–H groups in total. The van der Waals surface area contributed by atoms with E-state index in [4.69, 9.17) is 21.1 Å². The molecular weight excluding hydrogens is 485 g/mol. The lowest BCUT2D eigenvalue weighted by atomic mass is 10.1. The summed E-state index contributed by atoms with van der Waals surface area (Å²) in [4.78, 5) is 10.8. The zero-order valence-corrected chi connectivity index (χ0v) is 19.9. The Morgan fingerprint density at radius 3 is 2.66 bits per heavy atom. The molecule has 0 radical (unpaired) electrons. The summed E-state index contributed by atoms with van der Waals surface area (Å²) in [5, 5.41) is 3.85. The Kier molecular flexibility index (Phi) is 8.48. The summed E-state index contributed by atoms with van der Waals surface area (Å²) in [6.45, 7) is -0.0448. The lowest BCUT2D eigenvalue weighted by Crippen LogP contribution is -2.38. The molecule has 2 aromatic carbocycles. The van der Waals surface area contributed by atoms with Gasteiger partial charge < -0.3 is 24.4 Å². The molecule has 4 rings (SSSR count). The van der Waals surface area contributed by atoms with Crippen LogP contribution < -0.4 is 14.8 Å². The molecule has 1 aliphatic heterocycles. The molecule has 0 aliphatic carbocycles. The minimum Gasteiger partial charge on any atom is -0.493 e. The first-order valence-corrected chi connectivity index (χ1v) is 11.6. The molecule has 1 saturated heterocycles. The van der Waals surface area contributed by atoms with Gasteiger partial charge in [0.15, 0.2) is 11.5 Å². The van der Waals surface area contributed by atoms with Crippen LogP contribution in [-0.4, -0.2) is 60.9 Å². The van der Waals surface area contributed by atoms with Crippen LogP contribution in [0.25, 0.3) is 10.9 Å². The molecule has 1 aliphatic rings. The molecule has 1 aromatic heterocycles. The van der Waals surface area contributed by atoms with Gasteiger partial charge in [0.25, 0.3) is 0 Å². The van der Waals surface area contributed by atoms with Gasteiger partial charge in [0.2, 0.25) is 0 Å². The van der Waals surface area contributed by atoms with E-state index in [0.29, 0.717) is 53.4 Å². The normalized spacial score (nSPS) is 15.0. The highest BCUT2D eigenvalue weighted by Crippen LogP contribution is 2.35. The zero-order valence-electron chi connectivity index (χ0n) is 19.1. The van der Waals surface area contributed by atoms with Crippen LogP contribution in [0.5, 0.6) is 11.5 Å². The lowest BCUT2D eigenvalue weighted by Gasteiger charge is -2.31. The summed E-state index contributed by atoms with van der Waals surface area (Å²) in [7, 11) is 1.56. The number of hydrogen-bond donors (Lipinski definition) is 1. The standard InChI is InChI=1S/C24H26ClF3N4O3/c1-33-21-13-20-17(23(30-14-29-20)31-15-3-4-19(26)18(25)11-15)12-22(21)34-10-2-7-32-8-5-16(6-9-32)35-24(27)28/h3-4,11-14,16,24H,2,5-10H2,1H3,(H,29,30,31). The van der Waals surface area contributed by atoms with E-state index < -0.39 is 12.4 Å². The third kappa shape index (κ3) is 6.65. The van der Waals surface area contributed by atoms with Crippen molar-refractivity contribution in [2.45, 2.75) is 32.0 Å². The predicted octanol–water partition coefficient (Wildman–Crippen LogP) is 5.65. The van der Waals surface area contributed by atoms with Gasteiger partial charge in [-0.2, -0.15) is 8.78 Å². The fraction of sp³-hybridized carbons (Fsp3) is 0.417. The van der Waals surface area contributed by atoms with Gasteiger partial charge >= 0.3 is 6.61 Å². The quantitative estimate of drug-likeness (QED) is 0.354. The highest BCUT2D eigenvalue weighted by atomic mass is 35.5. The molecule has 0 spiro atoms.